The number of halogens is 2. The molecule has 2 N–H and O–H groups in total. The molecule has 0 radical (unpaired) electrons. The van der Waals surface area contributed by atoms with E-state index in [0.717, 1.165) is 11.6 Å². The third-order valence-corrected chi connectivity index (χ3v) is 3.45. The molecule has 2 aromatic rings. The van der Waals surface area contributed by atoms with Crippen LogP contribution in [-0.2, 0) is 11.3 Å². The van der Waals surface area contributed by atoms with Crippen LogP contribution in [0.3, 0.4) is 0 Å². The molecule has 2 amide bonds. The average Bonchev–Trinajstić information content (AvgIpc) is 2.58. The zero-order chi connectivity index (χ0) is 17.5. The largest absolute Gasteiger partial charge is 0.482 e. The maximum absolute atomic E-state index is 12.9. The van der Waals surface area contributed by atoms with Gasteiger partial charge in [0.05, 0.1) is 5.02 Å². The molecule has 0 heterocycles. The van der Waals surface area contributed by atoms with Gasteiger partial charge in [-0.1, -0.05) is 23.7 Å². The van der Waals surface area contributed by atoms with Gasteiger partial charge in [-0.3, -0.25) is 9.59 Å². The topological polar surface area (TPSA) is 67.4 Å². The van der Waals surface area contributed by atoms with Crippen molar-refractivity contribution < 1.29 is 18.7 Å². The Balaban J connectivity index is 1.86. The molecule has 0 aliphatic heterocycles. The van der Waals surface area contributed by atoms with Gasteiger partial charge in [0.25, 0.3) is 11.8 Å². The van der Waals surface area contributed by atoms with E-state index in [9.17, 15) is 14.0 Å². The first-order valence-electron chi connectivity index (χ1n) is 7.15. The van der Waals surface area contributed by atoms with Crippen molar-refractivity contribution in [1.29, 1.82) is 0 Å². The summed E-state index contributed by atoms with van der Waals surface area (Å²) < 4.78 is 18.2. The first-order valence-corrected chi connectivity index (χ1v) is 7.53. The number of amides is 2. The van der Waals surface area contributed by atoms with Crippen LogP contribution in [0.25, 0.3) is 0 Å². The minimum Gasteiger partial charge on any atom is -0.482 e. The monoisotopic (exact) mass is 350 g/mol. The first kappa shape index (κ1) is 17.7. The van der Waals surface area contributed by atoms with Gasteiger partial charge in [-0.15, -0.1) is 0 Å². The molecule has 0 bridgehead atoms. The standard InChI is InChI=1S/C17H16ClFN2O3/c1-20-17(23)12-4-2-3-11(7-12)9-21-16(22)10-24-15-6-5-13(19)8-14(15)18/h2-8H,9-10H2,1H3,(H,20,23)(H,21,22). The van der Waals surface area contributed by atoms with Crippen molar-refractivity contribution in [3.05, 3.63) is 64.4 Å². The number of carbonyl (C=O) groups excluding carboxylic acids is 2. The van der Waals surface area contributed by atoms with Gasteiger partial charge in [-0.25, -0.2) is 4.39 Å². The van der Waals surface area contributed by atoms with Crippen LogP contribution < -0.4 is 15.4 Å². The van der Waals surface area contributed by atoms with E-state index in [2.05, 4.69) is 10.6 Å². The van der Waals surface area contributed by atoms with Gasteiger partial charge in [0.1, 0.15) is 11.6 Å². The molecule has 0 aliphatic rings. The second-order valence-electron chi connectivity index (χ2n) is 4.92. The maximum atomic E-state index is 12.9. The fourth-order valence-corrected chi connectivity index (χ4v) is 2.18. The molecule has 0 unspecified atom stereocenters. The summed E-state index contributed by atoms with van der Waals surface area (Å²) >= 11 is 5.81. The predicted molar refractivity (Wildman–Crippen MR) is 88.6 cm³/mol. The number of hydrogen-bond donors (Lipinski definition) is 2. The number of nitrogens with one attached hydrogen (secondary N) is 2. The minimum absolute atomic E-state index is 0.0982. The molecule has 2 aromatic carbocycles. The van der Waals surface area contributed by atoms with Crippen molar-refractivity contribution in [2.24, 2.45) is 0 Å². The molecule has 0 fully saturated rings. The lowest BCUT2D eigenvalue weighted by Crippen LogP contribution is -2.28. The van der Waals surface area contributed by atoms with Gasteiger partial charge in [0, 0.05) is 19.2 Å². The Bertz CT molecular complexity index is 752. The van der Waals surface area contributed by atoms with Crippen molar-refractivity contribution in [2.75, 3.05) is 13.7 Å². The normalized spacial score (nSPS) is 10.1. The third kappa shape index (κ3) is 4.96. The molecule has 0 spiro atoms. The summed E-state index contributed by atoms with van der Waals surface area (Å²) in [5, 5.41) is 5.31. The Labute approximate surface area is 143 Å². The highest BCUT2D eigenvalue weighted by Crippen LogP contribution is 2.24. The molecule has 24 heavy (non-hydrogen) atoms. The smallest absolute Gasteiger partial charge is 0.258 e. The summed E-state index contributed by atoms with van der Waals surface area (Å²) in [5.74, 6) is -0.805. The second kappa shape index (κ2) is 8.31. The molecule has 5 nitrogen and oxygen atoms in total. The second-order valence-corrected chi connectivity index (χ2v) is 5.33. The lowest BCUT2D eigenvalue weighted by molar-refractivity contribution is -0.123. The molecular formula is C17H16ClFN2O3. The van der Waals surface area contributed by atoms with Crippen LogP contribution in [-0.4, -0.2) is 25.5 Å². The summed E-state index contributed by atoms with van der Waals surface area (Å²) in [6.45, 7) is 0.00463. The molecular weight excluding hydrogens is 335 g/mol. The van der Waals surface area contributed by atoms with Crippen LogP contribution in [0.1, 0.15) is 15.9 Å². The Hall–Kier alpha value is -2.60. The molecule has 0 aromatic heterocycles. The molecule has 0 saturated carbocycles. The highest BCUT2D eigenvalue weighted by molar-refractivity contribution is 6.32. The minimum atomic E-state index is -0.479. The SMILES string of the molecule is CNC(=O)c1cccc(CNC(=O)COc2ccc(F)cc2Cl)c1. The van der Waals surface area contributed by atoms with Gasteiger partial charge < -0.3 is 15.4 Å². The van der Waals surface area contributed by atoms with E-state index < -0.39 is 5.82 Å². The van der Waals surface area contributed by atoms with Crippen LogP contribution in [0.5, 0.6) is 5.75 Å². The van der Waals surface area contributed by atoms with Gasteiger partial charge in [0.15, 0.2) is 6.61 Å². The molecule has 0 atom stereocenters. The van der Waals surface area contributed by atoms with E-state index >= 15 is 0 Å². The fraction of sp³-hybridized carbons (Fsp3) is 0.176. The Morgan fingerprint density at radius 3 is 2.71 bits per heavy atom. The molecule has 126 valence electrons. The van der Waals surface area contributed by atoms with E-state index in [4.69, 9.17) is 16.3 Å². The van der Waals surface area contributed by atoms with E-state index in [1.807, 2.05) is 0 Å². The number of rotatable bonds is 6. The van der Waals surface area contributed by atoms with E-state index in [0.29, 0.717) is 5.56 Å². The van der Waals surface area contributed by atoms with Crippen LogP contribution in [0, 0.1) is 5.82 Å². The van der Waals surface area contributed by atoms with E-state index in [-0.39, 0.29) is 35.7 Å². The van der Waals surface area contributed by atoms with Crippen molar-refractivity contribution >= 4 is 23.4 Å². The average molecular weight is 351 g/mol. The summed E-state index contributed by atoms with van der Waals surface area (Å²) in [6, 6.07) is 10.6. The fourth-order valence-electron chi connectivity index (χ4n) is 1.95. The van der Waals surface area contributed by atoms with Crippen LogP contribution in [0.2, 0.25) is 5.02 Å². The van der Waals surface area contributed by atoms with E-state index in [1.54, 1.807) is 31.3 Å². The molecule has 0 saturated heterocycles. The Kier molecular flexibility index (Phi) is 6.14. The predicted octanol–water partition coefficient (Wildman–Crippen LogP) is 2.53. The van der Waals surface area contributed by atoms with Crippen LogP contribution in [0.15, 0.2) is 42.5 Å². The van der Waals surface area contributed by atoms with Crippen LogP contribution in [0.4, 0.5) is 4.39 Å². The van der Waals surface area contributed by atoms with Crippen LogP contribution >= 0.6 is 11.6 Å². The number of carbonyl (C=O) groups is 2. The van der Waals surface area contributed by atoms with Crippen molar-refractivity contribution in [2.45, 2.75) is 6.54 Å². The third-order valence-electron chi connectivity index (χ3n) is 3.16. The maximum Gasteiger partial charge on any atom is 0.258 e. The molecule has 0 aliphatic carbocycles. The zero-order valence-corrected chi connectivity index (χ0v) is 13.7. The highest BCUT2D eigenvalue weighted by Gasteiger charge is 2.08. The van der Waals surface area contributed by atoms with Crippen molar-refractivity contribution in [1.82, 2.24) is 10.6 Å². The lowest BCUT2D eigenvalue weighted by Gasteiger charge is -2.09. The summed E-state index contributed by atoms with van der Waals surface area (Å²) in [4.78, 5) is 23.4. The quantitative estimate of drug-likeness (QED) is 0.841. The van der Waals surface area contributed by atoms with Gasteiger partial charge in [-0.05, 0) is 35.9 Å². The zero-order valence-electron chi connectivity index (χ0n) is 12.9. The molecule has 7 heteroatoms. The summed E-state index contributed by atoms with van der Waals surface area (Å²) in [5.41, 5.74) is 1.29. The highest BCUT2D eigenvalue weighted by atomic mass is 35.5. The summed E-state index contributed by atoms with van der Waals surface area (Å²) in [6.07, 6.45) is 0. The van der Waals surface area contributed by atoms with E-state index in [1.165, 1.54) is 12.1 Å². The van der Waals surface area contributed by atoms with Crippen molar-refractivity contribution in [3.8, 4) is 5.75 Å². The van der Waals surface area contributed by atoms with Crippen molar-refractivity contribution in [3.63, 3.8) is 0 Å². The van der Waals surface area contributed by atoms with Gasteiger partial charge in [0.2, 0.25) is 0 Å². The number of ether oxygens (including phenoxy) is 1. The number of hydrogen-bond acceptors (Lipinski definition) is 3. The van der Waals surface area contributed by atoms with Gasteiger partial charge in [-0.2, -0.15) is 0 Å². The Morgan fingerprint density at radius 2 is 2.00 bits per heavy atom. The number of benzene rings is 2. The van der Waals surface area contributed by atoms with Gasteiger partial charge >= 0.3 is 0 Å². The summed E-state index contributed by atoms with van der Waals surface area (Å²) in [7, 11) is 1.55. The molecule has 2 rings (SSSR count). The Morgan fingerprint density at radius 1 is 1.21 bits per heavy atom. The lowest BCUT2D eigenvalue weighted by atomic mass is 10.1. The first-order chi connectivity index (χ1) is 11.5.